The largest absolute Gasteiger partial charge is 0.368 e. The summed E-state index contributed by atoms with van der Waals surface area (Å²) in [5, 5.41) is 3.11. The summed E-state index contributed by atoms with van der Waals surface area (Å²) in [6.07, 6.45) is 0. The summed E-state index contributed by atoms with van der Waals surface area (Å²) >= 11 is 0. The molecule has 0 spiro atoms. The van der Waals surface area contributed by atoms with Gasteiger partial charge in [0, 0.05) is 37.9 Å². The van der Waals surface area contributed by atoms with Crippen LogP contribution in [0.15, 0.2) is 18.2 Å². The molecule has 1 heterocycles. The zero-order chi connectivity index (χ0) is 13.1. The molecule has 18 heavy (non-hydrogen) atoms. The van der Waals surface area contributed by atoms with Gasteiger partial charge in [0.05, 0.1) is 0 Å². The van der Waals surface area contributed by atoms with Gasteiger partial charge in [0.25, 0.3) is 0 Å². The van der Waals surface area contributed by atoms with Crippen LogP contribution in [0.2, 0.25) is 0 Å². The highest BCUT2D eigenvalue weighted by molar-refractivity contribution is 5.54. The number of hydrogen-bond acceptors (Lipinski definition) is 3. The Hall–Kier alpha value is -1.13. The van der Waals surface area contributed by atoms with Crippen molar-refractivity contribution in [2.45, 2.75) is 19.5 Å². The monoisotopic (exact) mass is 251 g/mol. The molecule has 2 rings (SSSR count). The van der Waals surface area contributed by atoms with Crippen LogP contribution >= 0.6 is 0 Å². The Labute approximate surface area is 109 Å². The molecular formula is C14H22FN3. The normalized spacial score (nSPS) is 21.3. The SMILES string of the molecule is CNCc1cc(F)ccc1N1CCN(C)C(C)C1. The van der Waals surface area contributed by atoms with Gasteiger partial charge in [0.2, 0.25) is 0 Å². The van der Waals surface area contributed by atoms with Crippen molar-refractivity contribution in [3.63, 3.8) is 0 Å². The molecule has 1 aromatic rings. The van der Waals surface area contributed by atoms with Crippen LogP contribution in [-0.2, 0) is 6.54 Å². The molecule has 1 saturated heterocycles. The van der Waals surface area contributed by atoms with Gasteiger partial charge in [-0.25, -0.2) is 4.39 Å². The van der Waals surface area contributed by atoms with Gasteiger partial charge in [-0.1, -0.05) is 0 Å². The predicted molar refractivity (Wildman–Crippen MR) is 73.5 cm³/mol. The molecule has 1 aliphatic rings. The highest BCUT2D eigenvalue weighted by Crippen LogP contribution is 2.24. The maximum Gasteiger partial charge on any atom is 0.123 e. The van der Waals surface area contributed by atoms with Crippen LogP contribution in [-0.4, -0.2) is 44.7 Å². The fraction of sp³-hybridized carbons (Fsp3) is 0.571. The lowest BCUT2D eigenvalue weighted by atomic mass is 10.1. The Kier molecular flexibility index (Phi) is 4.19. The first-order valence-electron chi connectivity index (χ1n) is 6.50. The third kappa shape index (κ3) is 2.82. The number of benzene rings is 1. The molecule has 3 nitrogen and oxygen atoms in total. The summed E-state index contributed by atoms with van der Waals surface area (Å²) in [5.41, 5.74) is 2.19. The highest BCUT2D eigenvalue weighted by atomic mass is 19.1. The standard InChI is InChI=1S/C14H22FN3/c1-11-10-18(7-6-17(11)3)14-5-4-13(15)8-12(14)9-16-2/h4-5,8,11,16H,6-7,9-10H2,1-3H3. The molecule has 0 aliphatic carbocycles. The maximum atomic E-state index is 13.3. The third-order valence-corrected chi connectivity index (χ3v) is 3.71. The summed E-state index contributed by atoms with van der Waals surface area (Å²) in [4.78, 5) is 4.72. The summed E-state index contributed by atoms with van der Waals surface area (Å²) in [7, 11) is 4.04. The van der Waals surface area contributed by atoms with E-state index in [-0.39, 0.29) is 5.82 Å². The molecule has 0 bridgehead atoms. The Balaban J connectivity index is 2.22. The molecule has 0 aromatic heterocycles. The van der Waals surface area contributed by atoms with Gasteiger partial charge in [-0.15, -0.1) is 0 Å². The quantitative estimate of drug-likeness (QED) is 0.882. The number of nitrogens with one attached hydrogen (secondary N) is 1. The molecule has 0 radical (unpaired) electrons. The Morgan fingerprint density at radius 3 is 2.83 bits per heavy atom. The Morgan fingerprint density at radius 2 is 2.17 bits per heavy atom. The highest BCUT2D eigenvalue weighted by Gasteiger charge is 2.22. The van der Waals surface area contributed by atoms with Crippen LogP contribution < -0.4 is 10.2 Å². The molecule has 1 fully saturated rings. The van der Waals surface area contributed by atoms with E-state index in [1.807, 2.05) is 13.1 Å². The fourth-order valence-corrected chi connectivity index (χ4v) is 2.46. The van der Waals surface area contributed by atoms with E-state index in [9.17, 15) is 4.39 Å². The minimum atomic E-state index is -0.161. The molecule has 1 aromatic carbocycles. The van der Waals surface area contributed by atoms with Gasteiger partial charge in [-0.2, -0.15) is 0 Å². The minimum Gasteiger partial charge on any atom is -0.368 e. The van der Waals surface area contributed by atoms with Crippen LogP contribution in [0.1, 0.15) is 12.5 Å². The van der Waals surface area contributed by atoms with Gasteiger partial charge in [-0.05, 0) is 44.8 Å². The molecule has 1 N–H and O–H groups in total. The van der Waals surface area contributed by atoms with Crippen LogP contribution in [0.5, 0.6) is 0 Å². The topological polar surface area (TPSA) is 18.5 Å². The molecule has 100 valence electrons. The van der Waals surface area contributed by atoms with Crippen LogP contribution in [0.25, 0.3) is 0 Å². The van der Waals surface area contributed by atoms with Gasteiger partial charge < -0.3 is 15.1 Å². The van der Waals surface area contributed by atoms with E-state index in [1.54, 1.807) is 12.1 Å². The van der Waals surface area contributed by atoms with E-state index in [1.165, 1.54) is 0 Å². The van der Waals surface area contributed by atoms with Crippen LogP contribution in [0.3, 0.4) is 0 Å². The van der Waals surface area contributed by atoms with Gasteiger partial charge in [-0.3, -0.25) is 0 Å². The predicted octanol–water partition coefficient (Wildman–Crippen LogP) is 1.69. The molecular weight excluding hydrogens is 229 g/mol. The number of rotatable bonds is 3. The number of hydrogen-bond donors (Lipinski definition) is 1. The molecule has 1 unspecified atom stereocenters. The number of nitrogens with zero attached hydrogens (tertiary/aromatic N) is 2. The molecule has 0 saturated carbocycles. The van der Waals surface area contributed by atoms with E-state index in [4.69, 9.17) is 0 Å². The molecule has 1 aliphatic heterocycles. The van der Waals surface area contributed by atoms with Crippen molar-refractivity contribution in [3.8, 4) is 0 Å². The molecule has 0 amide bonds. The van der Waals surface area contributed by atoms with Crippen LogP contribution in [0, 0.1) is 5.82 Å². The van der Waals surface area contributed by atoms with Crippen molar-refractivity contribution in [3.05, 3.63) is 29.6 Å². The second-order valence-electron chi connectivity index (χ2n) is 5.08. The van der Waals surface area contributed by atoms with Crippen molar-refractivity contribution < 1.29 is 4.39 Å². The summed E-state index contributed by atoms with van der Waals surface area (Å²) < 4.78 is 13.3. The van der Waals surface area contributed by atoms with Gasteiger partial charge in [0.1, 0.15) is 5.82 Å². The van der Waals surface area contributed by atoms with E-state index < -0.39 is 0 Å². The molecule has 4 heteroatoms. The zero-order valence-electron chi connectivity index (χ0n) is 11.4. The number of anilines is 1. The van der Waals surface area contributed by atoms with Crippen LogP contribution in [0.4, 0.5) is 10.1 Å². The van der Waals surface area contributed by atoms with Crippen molar-refractivity contribution in [2.75, 3.05) is 38.6 Å². The van der Waals surface area contributed by atoms with E-state index in [0.717, 1.165) is 30.9 Å². The van der Waals surface area contributed by atoms with Crippen molar-refractivity contribution in [1.82, 2.24) is 10.2 Å². The third-order valence-electron chi connectivity index (χ3n) is 3.71. The lowest BCUT2D eigenvalue weighted by molar-refractivity contribution is 0.234. The minimum absolute atomic E-state index is 0.161. The average Bonchev–Trinajstić information content (AvgIpc) is 2.34. The van der Waals surface area contributed by atoms with E-state index in [0.29, 0.717) is 12.6 Å². The van der Waals surface area contributed by atoms with Gasteiger partial charge >= 0.3 is 0 Å². The first kappa shape index (κ1) is 13.3. The second-order valence-corrected chi connectivity index (χ2v) is 5.08. The average molecular weight is 251 g/mol. The first-order chi connectivity index (χ1) is 8.61. The number of likely N-dealkylation sites (N-methyl/N-ethyl adjacent to an activating group) is 1. The molecule has 1 atom stereocenters. The number of halogens is 1. The fourth-order valence-electron chi connectivity index (χ4n) is 2.46. The maximum absolute atomic E-state index is 13.3. The smallest absolute Gasteiger partial charge is 0.123 e. The first-order valence-corrected chi connectivity index (χ1v) is 6.50. The second kappa shape index (κ2) is 5.67. The van der Waals surface area contributed by atoms with Gasteiger partial charge in [0.15, 0.2) is 0 Å². The van der Waals surface area contributed by atoms with Crippen molar-refractivity contribution in [2.24, 2.45) is 0 Å². The van der Waals surface area contributed by atoms with E-state index in [2.05, 4.69) is 29.1 Å². The van der Waals surface area contributed by atoms with Crippen molar-refractivity contribution in [1.29, 1.82) is 0 Å². The van der Waals surface area contributed by atoms with Crippen molar-refractivity contribution >= 4 is 5.69 Å². The summed E-state index contributed by atoms with van der Waals surface area (Å²) in [6.45, 7) is 5.99. The van der Waals surface area contributed by atoms with E-state index >= 15 is 0 Å². The lowest BCUT2D eigenvalue weighted by Crippen LogP contribution is -2.50. The lowest BCUT2D eigenvalue weighted by Gasteiger charge is -2.39. The Bertz CT molecular complexity index is 408. The Morgan fingerprint density at radius 1 is 1.39 bits per heavy atom. The zero-order valence-corrected chi connectivity index (χ0v) is 11.4. The summed E-state index contributed by atoms with van der Waals surface area (Å²) in [6, 6.07) is 5.62. The summed E-state index contributed by atoms with van der Waals surface area (Å²) in [5.74, 6) is -0.161. The number of piperazine rings is 1.